The number of alkyl halides is 3. The second kappa shape index (κ2) is 6.22. The van der Waals surface area contributed by atoms with Gasteiger partial charge in [-0.1, -0.05) is 17.7 Å². The third-order valence-corrected chi connectivity index (χ3v) is 3.74. The van der Waals surface area contributed by atoms with Crippen molar-refractivity contribution >= 4 is 17.3 Å². The summed E-state index contributed by atoms with van der Waals surface area (Å²) in [7, 11) is 1.66. The second-order valence-corrected chi connectivity index (χ2v) is 5.59. The van der Waals surface area contributed by atoms with E-state index in [1.807, 2.05) is 6.07 Å². The highest BCUT2D eigenvalue weighted by molar-refractivity contribution is 6.31. The Morgan fingerprint density at radius 2 is 2.05 bits per heavy atom. The number of nitrogens with zero attached hydrogens (tertiary/aromatic N) is 1. The van der Waals surface area contributed by atoms with Crippen LogP contribution in [0.15, 0.2) is 18.2 Å². The molecule has 112 valence electrons. The Morgan fingerprint density at radius 3 is 2.65 bits per heavy atom. The van der Waals surface area contributed by atoms with Crippen molar-refractivity contribution in [3.05, 3.63) is 28.8 Å². The number of rotatable bonds is 6. The number of anilines is 1. The molecular formula is C14H18ClF3N2. The van der Waals surface area contributed by atoms with Crippen LogP contribution in [-0.4, -0.2) is 25.8 Å². The van der Waals surface area contributed by atoms with Crippen molar-refractivity contribution in [1.29, 1.82) is 0 Å². The Labute approximate surface area is 121 Å². The van der Waals surface area contributed by atoms with Crippen LogP contribution in [0.2, 0.25) is 5.02 Å². The molecule has 1 saturated carbocycles. The van der Waals surface area contributed by atoms with Crippen LogP contribution in [0.1, 0.15) is 24.8 Å². The summed E-state index contributed by atoms with van der Waals surface area (Å²) in [5.74, 6) is 0. The van der Waals surface area contributed by atoms with Crippen LogP contribution in [0.25, 0.3) is 0 Å². The highest BCUT2D eigenvalue weighted by Crippen LogP contribution is 2.29. The van der Waals surface area contributed by atoms with Gasteiger partial charge in [0.1, 0.15) is 0 Å². The van der Waals surface area contributed by atoms with Crippen molar-refractivity contribution in [3.63, 3.8) is 0 Å². The van der Waals surface area contributed by atoms with E-state index in [1.54, 1.807) is 24.1 Å². The molecule has 1 aliphatic rings. The molecule has 20 heavy (non-hydrogen) atoms. The van der Waals surface area contributed by atoms with Crippen molar-refractivity contribution in [2.75, 3.05) is 18.5 Å². The lowest BCUT2D eigenvalue weighted by atomic mass is 10.1. The van der Waals surface area contributed by atoms with Gasteiger partial charge in [0, 0.05) is 42.5 Å². The summed E-state index contributed by atoms with van der Waals surface area (Å²) in [5, 5.41) is 3.94. The fraction of sp³-hybridized carbons (Fsp3) is 0.571. The van der Waals surface area contributed by atoms with Crippen molar-refractivity contribution in [2.45, 2.75) is 38.0 Å². The van der Waals surface area contributed by atoms with Gasteiger partial charge in [-0.05, 0) is 25.0 Å². The van der Waals surface area contributed by atoms with E-state index in [1.165, 1.54) is 0 Å². The molecule has 0 bridgehead atoms. The molecule has 1 aromatic carbocycles. The van der Waals surface area contributed by atoms with E-state index in [4.69, 9.17) is 11.6 Å². The fourth-order valence-corrected chi connectivity index (χ4v) is 2.27. The quantitative estimate of drug-likeness (QED) is 0.855. The molecule has 0 spiro atoms. The van der Waals surface area contributed by atoms with Crippen molar-refractivity contribution in [1.82, 2.24) is 5.32 Å². The lowest BCUT2D eigenvalue weighted by Crippen LogP contribution is -2.26. The van der Waals surface area contributed by atoms with E-state index in [0.717, 1.165) is 24.1 Å². The summed E-state index contributed by atoms with van der Waals surface area (Å²) < 4.78 is 36.9. The van der Waals surface area contributed by atoms with E-state index in [2.05, 4.69) is 5.32 Å². The van der Waals surface area contributed by atoms with Gasteiger partial charge >= 0.3 is 6.18 Å². The fourth-order valence-electron chi connectivity index (χ4n) is 2.03. The van der Waals surface area contributed by atoms with Gasteiger partial charge in [0.25, 0.3) is 0 Å². The summed E-state index contributed by atoms with van der Waals surface area (Å²) in [6, 6.07) is 5.88. The van der Waals surface area contributed by atoms with Gasteiger partial charge < -0.3 is 10.2 Å². The van der Waals surface area contributed by atoms with Gasteiger partial charge in [-0.3, -0.25) is 0 Å². The minimum absolute atomic E-state index is 0.0692. The third-order valence-electron chi connectivity index (χ3n) is 3.38. The normalized spacial score (nSPS) is 15.4. The zero-order valence-electron chi connectivity index (χ0n) is 11.3. The van der Waals surface area contributed by atoms with Crippen molar-refractivity contribution < 1.29 is 13.2 Å². The number of hydrogen-bond donors (Lipinski definition) is 1. The number of nitrogens with one attached hydrogen (secondary N) is 1. The van der Waals surface area contributed by atoms with Gasteiger partial charge in [-0.2, -0.15) is 13.2 Å². The first kappa shape index (κ1) is 15.4. The minimum Gasteiger partial charge on any atom is -0.374 e. The average molecular weight is 307 g/mol. The Kier molecular flexibility index (Phi) is 4.81. The summed E-state index contributed by atoms with van der Waals surface area (Å²) >= 11 is 6.18. The van der Waals surface area contributed by atoms with Crippen LogP contribution in [-0.2, 0) is 6.54 Å². The van der Waals surface area contributed by atoms with Gasteiger partial charge in [0.15, 0.2) is 0 Å². The molecular weight excluding hydrogens is 289 g/mol. The second-order valence-electron chi connectivity index (χ2n) is 5.18. The minimum atomic E-state index is -4.14. The molecule has 2 rings (SSSR count). The lowest BCUT2D eigenvalue weighted by Gasteiger charge is -2.24. The molecule has 0 amide bonds. The van der Waals surface area contributed by atoms with Crippen LogP contribution in [0.4, 0.5) is 18.9 Å². The first-order valence-corrected chi connectivity index (χ1v) is 7.03. The molecule has 6 heteroatoms. The first-order chi connectivity index (χ1) is 9.37. The van der Waals surface area contributed by atoms with Crippen LogP contribution < -0.4 is 10.2 Å². The van der Waals surface area contributed by atoms with Gasteiger partial charge in [0.05, 0.1) is 6.42 Å². The predicted molar refractivity (Wildman–Crippen MR) is 75.3 cm³/mol. The maximum atomic E-state index is 12.3. The summed E-state index contributed by atoms with van der Waals surface area (Å²) in [6.07, 6.45) is -2.65. The summed E-state index contributed by atoms with van der Waals surface area (Å²) in [6.45, 7) is 0.524. The molecule has 0 saturated heterocycles. The van der Waals surface area contributed by atoms with E-state index in [0.29, 0.717) is 17.6 Å². The standard InChI is InChI=1S/C14H18ClF3N2/c1-20(8-7-14(16,17)18)13-4-2-3-12(15)11(13)9-19-10-5-6-10/h2-4,10,19H,5-9H2,1H3. The van der Waals surface area contributed by atoms with Gasteiger partial charge in [-0.15, -0.1) is 0 Å². The topological polar surface area (TPSA) is 15.3 Å². The molecule has 1 aliphatic carbocycles. The smallest absolute Gasteiger partial charge is 0.374 e. The van der Waals surface area contributed by atoms with E-state index in [-0.39, 0.29) is 6.54 Å². The van der Waals surface area contributed by atoms with Crippen LogP contribution in [0.5, 0.6) is 0 Å². The van der Waals surface area contributed by atoms with E-state index in [9.17, 15) is 13.2 Å². The number of halogens is 4. The largest absolute Gasteiger partial charge is 0.390 e. The Morgan fingerprint density at radius 1 is 1.35 bits per heavy atom. The highest BCUT2D eigenvalue weighted by atomic mass is 35.5. The molecule has 0 radical (unpaired) electrons. The molecule has 0 heterocycles. The van der Waals surface area contributed by atoms with Crippen LogP contribution >= 0.6 is 11.6 Å². The maximum absolute atomic E-state index is 12.3. The maximum Gasteiger partial charge on any atom is 0.390 e. The van der Waals surface area contributed by atoms with E-state index < -0.39 is 12.6 Å². The molecule has 0 aliphatic heterocycles. The lowest BCUT2D eigenvalue weighted by molar-refractivity contribution is -0.132. The van der Waals surface area contributed by atoms with Crippen LogP contribution in [0, 0.1) is 0 Å². The molecule has 1 fully saturated rings. The van der Waals surface area contributed by atoms with E-state index >= 15 is 0 Å². The van der Waals surface area contributed by atoms with Crippen LogP contribution in [0.3, 0.4) is 0 Å². The predicted octanol–water partition coefficient (Wildman–Crippen LogP) is 3.98. The average Bonchev–Trinajstić information content (AvgIpc) is 3.17. The van der Waals surface area contributed by atoms with Crippen molar-refractivity contribution in [3.8, 4) is 0 Å². The molecule has 1 N–H and O–H groups in total. The third kappa shape index (κ3) is 4.56. The monoisotopic (exact) mass is 306 g/mol. The molecule has 1 aromatic rings. The Hall–Kier alpha value is -0.940. The molecule has 0 aromatic heterocycles. The number of hydrogen-bond acceptors (Lipinski definition) is 2. The zero-order chi connectivity index (χ0) is 14.8. The molecule has 2 nitrogen and oxygen atoms in total. The molecule has 0 atom stereocenters. The van der Waals surface area contributed by atoms with Crippen molar-refractivity contribution in [2.24, 2.45) is 0 Å². The Balaban J connectivity index is 2.06. The Bertz CT molecular complexity index is 458. The SMILES string of the molecule is CN(CCC(F)(F)F)c1cccc(Cl)c1CNC1CC1. The highest BCUT2D eigenvalue weighted by Gasteiger charge is 2.28. The van der Waals surface area contributed by atoms with Gasteiger partial charge in [-0.25, -0.2) is 0 Å². The molecule has 0 unspecified atom stereocenters. The zero-order valence-corrected chi connectivity index (χ0v) is 12.1. The summed E-state index contributed by atoms with van der Waals surface area (Å²) in [5.41, 5.74) is 1.63. The number of benzene rings is 1. The van der Waals surface area contributed by atoms with Gasteiger partial charge in [0.2, 0.25) is 0 Å². The first-order valence-electron chi connectivity index (χ1n) is 6.65. The summed E-state index contributed by atoms with van der Waals surface area (Å²) in [4.78, 5) is 1.61.